The van der Waals surface area contributed by atoms with Gasteiger partial charge in [0.1, 0.15) is 0 Å². The summed E-state index contributed by atoms with van der Waals surface area (Å²) in [6.07, 6.45) is 7.58. The van der Waals surface area contributed by atoms with Crippen LogP contribution in [0.3, 0.4) is 0 Å². The first kappa shape index (κ1) is 20.4. The predicted octanol–water partition coefficient (Wildman–Crippen LogP) is 2.23. The Bertz CT molecular complexity index is 768. The van der Waals surface area contributed by atoms with Crippen LogP contribution >= 0.6 is 0 Å². The molecule has 0 heterocycles. The molecular formula is C24H36N3O2+. The van der Waals surface area contributed by atoms with Gasteiger partial charge in [0.25, 0.3) is 11.8 Å². The van der Waals surface area contributed by atoms with E-state index >= 15 is 0 Å². The summed E-state index contributed by atoms with van der Waals surface area (Å²) < 4.78 is 0. The molecule has 1 aromatic carbocycles. The molecule has 4 aliphatic carbocycles. The Morgan fingerprint density at radius 3 is 2.28 bits per heavy atom. The van der Waals surface area contributed by atoms with E-state index < -0.39 is 0 Å². The standard InChI is InChI=1S/C24H35N3O2/c1-15-6-5-7-21(16(15)2)25-22(28)14-27(4)17(3)23(29)26-24-11-18-8-19(12-24)10-20(9-18)13-24/h5-7,17-20H,8-14H2,1-4H3,(H,25,28)(H,26,29)/p+1/t17-,18?,19?,20?,24?/m1/s1. The number of anilines is 1. The van der Waals surface area contributed by atoms with E-state index in [1.165, 1.54) is 19.3 Å². The van der Waals surface area contributed by atoms with E-state index in [0.717, 1.165) is 58.7 Å². The molecule has 4 saturated carbocycles. The first-order valence-corrected chi connectivity index (χ1v) is 11.2. The number of benzene rings is 1. The first-order valence-electron chi connectivity index (χ1n) is 11.2. The van der Waals surface area contributed by atoms with Gasteiger partial charge in [-0.3, -0.25) is 9.59 Å². The van der Waals surface area contributed by atoms with Crippen LogP contribution in [0.5, 0.6) is 0 Å². The Morgan fingerprint density at radius 1 is 1.10 bits per heavy atom. The number of hydrogen-bond donors (Lipinski definition) is 3. The summed E-state index contributed by atoms with van der Waals surface area (Å²) in [7, 11) is 1.94. The quantitative estimate of drug-likeness (QED) is 0.688. The monoisotopic (exact) mass is 398 g/mol. The number of likely N-dealkylation sites (N-methyl/N-ethyl adjacent to an activating group) is 1. The van der Waals surface area contributed by atoms with E-state index in [9.17, 15) is 9.59 Å². The van der Waals surface area contributed by atoms with Crippen LogP contribution in [0.25, 0.3) is 0 Å². The van der Waals surface area contributed by atoms with Gasteiger partial charge in [-0.15, -0.1) is 0 Å². The highest BCUT2D eigenvalue weighted by Crippen LogP contribution is 2.55. The summed E-state index contributed by atoms with van der Waals surface area (Å²) >= 11 is 0. The summed E-state index contributed by atoms with van der Waals surface area (Å²) in [5, 5.41) is 6.46. The van der Waals surface area contributed by atoms with Gasteiger partial charge in [-0.05, 0) is 94.2 Å². The van der Waals surface area contributed by atoms with Gasteiger partial charge in [0.2, 0.25) is 0 Å². The molecule has 2 amide bonds. The van der Waals surface area contributed by atoms with Gasteiger partial charge in [0.15, 0.2) is 12.6 Å². The van der Waals surface area contributed by atoms with Crippen LogP contribution in [0, 0.1) is 31.6 Å². The minimum atomic E-state index is -0.243. The Hall–Kier alpha value is -1.88. The molecule has 158 valence electrons. The number of carbonyl (C=O) groups excluding carboxylic acids is 2. The van der Waals surface area contributed by atoms with Crippen molar-refractivity contribution in [3.63, 3.8) is 0 Å². The first-order chi connectivity index (χ1) is 13.7. The van der Waals surface area contributed by atoms with Crippen molar-refractivity contribution in [1.82, 2.24) is 5.32 Å². The summed E-state index contributed by atoms with van der Waals surface area (Å²) in [6.45, 7) is 6.28. The maximum absolute atomic E-state index is 13.0. The van der Waals surface area contributed by atoms with Gasteiger partial charge in [-0.1, -0.05) is 12.1 Å². The SMILES string of the molecule is Cc1cccc(NC(=O)C[NH+](C)[C@H](C)C(=O)NC23CC4CC(CC(C4)C2)C3)c1C. The van der Waals surface area contributed by atoms with Crippen LogP contribution in [-0.2, 0) is 9.59 Å². The fourth-order valence-corrected chi connectivity index (χ4v) is 6.34. The van der Waals surface area contributed by atoms with Crippen molar-refractivity contribution in [2.75, 3.05) is 18.9 Å². The molecule has 0 saturated heterocycles. The molecule has 5 rings (SSSR count). The Balaban J connectivity index is 1.33. The second-order valence-electron chi connectivity index (χ2n) is 10.2. The Morgan fingerprint density at radius 2 is 1.69 bits per heavy atom. The molecule has 1 aromatic rings. The minimum Gasteiger partial charge on any atom is -0.345 e. The van der Waals surface area contributed by atoms with Crippen molar-refractivity contribution < 1.29 is 14.5 Å². The number of carbonyl (C=O) groups is 2. The summed E-state index contributed by atoms with van der Waals surface area (Å²) in [5.41, 5.74) is 3.13. The number of amides is 2. The predicted molar refractivity (Wildman–Crippen MR) is 115 cm³/mol. The van der Waals surface area contributed by atoms with Gasteiger partial charge in [-0.25, -0.2) is 0 Å². The molecule has 0 radical (unpaired) electrons. The zero-order valence-corrected chi connectivity index (χ0v) is 18.3. The zero-order chi connectivity index (χ0) is 20.8. The molecule has 5 heteroatoms. The number of quaternary nitrogens is 1. The second kappa shape index (κ2) is 7.75. The molecule has 29 heavy (non-hydrogen) atoms. The summed E-state index contributed by atoms with van der Waals surface area (Å²) in [4.78, 5) is 26.5. The largest absolute Gasteiger partial charge is 0.345 e. The molecule has 5 nitrogen and oxygen atoms in total. The molecule has 4 fully saturated rings. The third-order valence-electron chi connectivity index (χ3n) is 7.88. The van der Waals surface area contributed by atoms with E-state index in [-0.39, 0.29) is 29.9 Å². The van der Waals surface area contributed by atoms with E-state index in [0.29, 0.717) is 0 Å². The van der Waals surface area contributed by atoms with Crippen LogP contribution < -0.4 is 15.5 Å². The molecule has 4 bridgehead atoms. The summed E-state index contributed by atoms with van der Waals surface area (Å²) in [6, 6.07) is 5.68. The fourth-order valence-electron chi connectivity index (χ4n) is 6.34. The lowest BCUT2D eigenvalue weighted by molar-refractivity contribution is -0.885. The van der Waals surface area contributed by atoms with E-state index in [1.807, 2.05) is 46.0 Å². The molecule has 4 aliphatic rings. The highest BCUT2D eigenvalue weighted by atomic mass is 16.2. The maximum Gasteiger partial charge on any atom is 0.279 e. The molecule has 3 N–H and O–H groups in total. The third kappa shape index (κ3) is 4.20. The molecule has 1 unspecified atom stereocenters. The minimum absolute atomic E-state index is 0.0291. The highest BCUT2D eigenvalue weighted by Gasteiger charge is 2.52. The molecule has 2 atom stereocenters. The van der Waals surface area contributed by atoms with Crippen molar-refractivity contribution in [3.8, 4) is 0 Å². The van der Waals surface area contributed by atoms with Crippen molar-refractivity contribution in [2.24, 2.45) is 17.8 Å². The number of rotatable bonds is 6. The van der Waals surface area contributed by atoms with E-state index in [1.54, 1.807) is 0 Å². The normalized spacial score (nSPS) is 31.9. The lowest BCUT2D eigenvalue weighted by Crippen LogP contribution is -3.15. The smallest absolute Gasteiger partial charge is 0.279 e. The van der Waals surface area contributed by atoms with Crippen LogP contribution in [0.2, 0.25) is 0 Å². The van der Waals surface area contributed by atoms with Crippen molar-refractivity contribution in [3.05, 3.63) is 29.3 Å². The lowest BCUT2D eigenvalue weighted by Gasteiger charge is -2.57. The van der Waals surface area contributed by atoms with Gasteiger partial charge >= 0.3 is 0 Å². The van der Waals surface area contributed by atoms with Gasteiger partial charge < -0.3 is 15.5 Å². The van der Waals surface area contributed by atoms with Gasteiger partial charge in [-0.2, -0.15) is 0 Å². The van der Waals surface area contributed by atoms with Gasteiger partial charge in [0.05, 0.1) is 7.05 Å². The average molecular weight is 399 g/mol. The van der Waals surface area contributed by atoms with Crippen molar-refractivity contribution >= 4 is 17.5 Å². The van der Waals surface area contributed by atoms with Crippen LogP contribution in [0.4, 0.5) is 5.69 Å². The molecular weight excluding hydrogens is 362 g/mol. The second-order valence-corrected chi connectivity index (χ2v) is 10.2. The average Bonchev–Trinajstić information content (AvgIpc) is 2.63. The third-order valence-corrected chi connectivity index (χ3v) is 7.88. The van der Waals surface area contributed by atoms with Crippen molar-refractivity contribution in [2.45, 2.75) is 70.9 Å². The zero-order valence-electron chi connectivity index (χ0n) is 18.3. The lowest BCUT2D eigenvalue weighted by atomic mass is 9.53. The maximum atomic E-state index is 13.0. The van der Waals surface area contributed by atoms with Crippen LogP contribution in [0.1, 0.15) is 56.6 Å². The van der Waals surface area contributed by atoms with Crippen LogP contribution in [0.15, 0.2) is 18.2 Å². The number of aryl methyl sites for hydroxylation is 1. The highest BCUT2D eigenvalue weighted by molar-refractivity contribution is 5.92. The van der Waals surface area contributed by atoms with Crippen LogP contribution in [-0.4, -0.2) is 37.0 Å². The molecule has 0 aromatic heterocycles. The topological polar surface area (TPSA) is 62.6 Å². The molecule has 0 spiro atoms. The van der Waals surface area contributed by atoms with E-state index in [4.69, 9.17) is 0 Å². The molecule has 0 aliphatic heterocycles. The number of hydrogen-bond acceptors (Lipinski definition) is 2. The Kier molecular flexibility index (Phi) is 5.45. The number of nitrogens with one attached hydrogen (secondary N) is 3. The van der Waals surface area contributed by atoms with Gasteiger partial charge in [0, 0.05) is 11.2 Å². The fraction of sp³-hybridized carbons (Fsp3) is 0.667. The van der Waals surface area contributed by atoms with E-state index in [2.05, 4.69) is 10.6 Å². The summed E-state index contributed by atoms with van der Waals surface area (Å²) in [5.74, 6) is 2.48. The van der Waals surface area contributed by atoms with Crippen molar-refractivity contribution in [1.29, 1.82) is 0 Å². The Labute approximate surface area is 174 Å².